The Morgan fingerprint density at radius 3 is 2.82 bits per heavy atom. The molecule has 0 aliphatic carbocycles. The first kappa shape index (κ1) is 19.1. The Balaban J connectivity index is 1.33. The van der Waals surface area contributed by atoms with E-state index < -0.39 is 0 Å². The highest BCUT2D eigenvalue weighted by Gasteiger charge is 2.20. The maximum Gasteiger partial charge on any atom is 0.280 e. The molecule has 4 heterocycles. The highest BCUT2D eigenvalue weighted by atomic mass is 16.5. The van der Waals surface area contributed by atoms with Gasteiger partial charge in [0.1, 0.15) is 0 Å². The summed E-state index contributed by atoms with van der Waals surface area (Å²) in [5.74, 6) is 0.820. The van der Waals surface area contributed by atoms with Crippen LogP contribution < -0.4 is 0 Å². The van der Waals surface area contributed by atoms with Gasteiger partial charge in [0, 0.05) is 36.1 Å². The number of benzene rings is 2. The van der Waals surface area contributed by atoms with Crippen molar-refractivity contribution in [2.24, 2.45) is 0 Å². The minimum Gasteiger partial charge on any atom is -0.333 e. The largest absolute Gasteiger partial charge is 0.333 e. The van der Waals surface area contributed by atoms with Crippen molar-refractivity contribution in [3.05, 3.63) is 90.8 Å². The van der Waals surface area contributed by atoms with Gasteiger partial charge in [-0.1, -0.05) is 46.8 Å². The first-order valence-electron chi connectivity index (χ1n) is 10.4. The maximum atomic E-state index is 5.56. The second-order valence-electron chi connectivity index (χ2n) is 7.65. The van der Waals surface area contributed by atoms with Crippen LogP contribution >= 0.6 is 0 Å². The quantitative estimate of drug-likeness (QED) is 0.403. The second kappa shape index (κ2) is 7.79. The molecule has 0 saturated carbocycles. The van der Waals surface area contributed by atoms with E-state index in [2.05, 4.69) is 36.5 Å². The molecule has 0 radical (unpaired) electrons. The van der Waals surface area contributed by atoms with E-state index in [0.717, 1.165) is 33.4 Å². The fraction of sp³-hybridized carbons (Fsp3) is 0.0833. The molecule has 160 valence electrons. The SMILES string of the molecule is Cc1c(-c2nc(-c3cccc(Cn4ccnc4)c3)no2)nnn1-c1cccc2cccnc12. The van der Waals surface area contributed by atoms with Crippen LogP contribution in [-0.2, 0) is 6.54 Å². The summed E-state index contributed by atoms with van der Waals surface area (Å²) in [5, 5.41) is 13.9. The highest BCUT2D eigenvalue weighted by Crippen LogP contribution is 2.27. The average Bonchev–Trinajstić information content (AvgIpc) is 3.60. The third kappa shape index (κ3) is 3.45. The first-order chi connectivity index (χ1) is 16.3. The molecule has 0 bridgehead atoms. The zero-order valence-electron chi connectivity index (χ0n) is 17.7. The van der Waals surface area contributed by atoms with E-state index in [1.807, 2.05) is 66.2 Å². The maximum absolute atomic E-state index is 5.56. The zero-order chi connectivity index (χ0) is 22.2. The van der Waals surface area contributed by atoms with Gasteiger partial charge in [-0.05, 0) is 30.7 Å². The number of nitrogens with zero attached hydrogens (tertiary/aromatic N) is 8. The van der Waals surface area contributed by atoms with E-state index in [0.29, 0.717) is 24.0 Å². The minimum atomic E-state index is 0.321. The van der Waals surface area contributed by atoms with Crippen molar-refractivity contribution in [1.82, 2.24) is 39.7 Å². The Labute approximate surface area is 188 Å². The van der Waals surface area contributed by atoms with Gasteiger partial charge < -0.3 is 9.09 Å². The molecule has 0 fully saturated rings. The Kier molecular flexibility index (Phi) is 4.50. The Bertz CT molecular complexity index is 1560. The van der Waals surface area contributed by atoms with Crippen LogP contribution in [0.25, 0.3) is 39.6 Å². The molecule has 0 amide bonds. The number of fused-ring (bicyclic) bond motifs is 1. The van der Waals surface area contributed by atoms with E-state index in [9.17, 15) is 0 Å². The molecule has 9 nitrogen and oxygen atoms in total. The number of pyridine rings is 1. The zero-order valence-corrected chi connectivity index (χ0v) is 17.7. The summed E-state index contributed by atoms with van der Waals surface area (Å²) in [7, 11) is 0. The van der Waals surface area contributed by atoms with Crippen molar-refractivity contribution in [3.8, 4) is 28.7 Å². The molecule has 33 heavy (non-hydrogen) atoms. The second-order valence-corrected chi connectivity index (χ2v) is 7.65. The van der Waals surface area contributed by atoms with Gasteiger partial charge >= 0.3 is 0 Å². The topological polar surface area (TPSA) is 100 Å². The van der Waals surface area contributed by atoms with Gasteiger partial charge in [-0.2, -0.15) is 4.98 Å². The van der Waals surface area contributed by atoms with Crippen LogP contribution in [0.4, 0.5) is 0 Å². The molecular formula is C24H18N8O. The Hall–Kier alpha value is -4.66. The molecule has 0 N–H and O–H groups in total. The summed E-state index contributed by atoms with van der Waals surface area (Å²) >= 11 is 0. The summed E-state index contributed by atoms with van der Waals surface area (Å²) in [5.41, 5.74) is 5.00. The van der Waals surface area contributed by atoms with Crippen molar-refractivity contribution < 1.29 is 4.52 Å². The summed E-state index contributed by atoms with van der Waals surface area (Å²) in [6, 6.07) is 17.9. The van der Waals surface area contributed by atoms with Gasteiger partial charge in [-0.3, -0.25) is 4.98 Å². The molecule has 4 aromatic heterocycles. The number of para-hydroxylation sites is 1. The predicted molar refractivity (Wildman–Crippen MR) is 121 cm³/mol. The Morgan fingerprint density at radius 1 is 1.00 bits per heavy atom. The van der Waals surface area contributed by atoms with Crippen LogP contribution in [0.5, 0.6) is 0 Å². The smallest absolute Gasteiger partial charge is 0.280 e. The van der Waals surface area contributed by atoms with Crippen molar-refractivity contribution in [2.75, 3.05) is 0 Å². The van der Waals surface area contributed by atoms with Gasteiger partial charge in [0.2, 0.25) is 5.82 Å². The number of rotatable bonds is 5. The van der Waals surface area contributed by atoms with Gasteiger partial charge in [-0.15, -0.1) is 5.10 Å². The van der Waals surface area contributed by atoms with E-state index in [-0.39, 0.29) is 0 Å². The van der Waals surface area contributed by atoms with Crippen molar-refractivity contribution in [1.29, 1.82) is 0 Å². The average molecular weight is 434 g/mol. The molecule has 0 aliphatic heterocycles. The highest BCUT2D eigenvalue weighted by molar-refractivity contribution is 5.86. The lowest BCUT2D eigenvalue weighted by Gasteiger charge is -2.06. The van der Waals surface area contributed by atoms with E-state index in [4.69, 9.17) is 4.52 Å². The van der Waals surface area contributed by atoms with E-state index in [1.165, 1.54) is 0 Å². The van der Waals surface area contributed by atoms with Crippen molar-refractivity contribution in [2.45, 2.75) is 13.5 Å². The first-order valence-corrected chi connectivity index (χ1v) is 10.4. The van der Waals surface area contributed by atoms with Crippen LogP contribution in [0.15, 0.2) is 84.0 Å². The van der Waals surface area contributed by atoms with E-state index in [1.54, 1.807) is 23.4 Å². The molecule has 0 saturated heterocycles. The van der Waals surface area contributed by atoms with Crippen LogP contribution in [0.3, 0.4) is 0 Å². The monoisotopic (exact) mass is 434 g/mol. The van der Waals surface area contributed by atoms with Gasteiger partial charge in [0.15, 0.2) is 5.69 Å². The summed E-state index contributed by atoms with van der Waals surface area (Å²) in [6.07, 6.45) is 7.25. The van der Waals surface area contributed by atoms with Gasteiger partial charge in [-0.25, -0.2) is 9.67 Å². The summed E-state index contributed by atoms with van der Waals surface area (Å²) in [6.45, 7) is 2.64. The molecule has 0 atom stereocenters. The number of aromatic nitrogens is 8. The predicted octanol–water partition coefficient (Wildman–Crippen LogP) is 4.09. The molecular weight excluding hydrogens is 416 g/mol. The fourth-order valence-corrected chi connectivity index (χ4v) is 3.85. The molecule has 0 aliphatic rings. The molecule has 0 unspecified atom stereocenters. The van der Waals surface area contributed by atoms with Gasteiger partial charge in [0.25, 0.3) is 5.89 Å². The van der Waals surface area contributed by atoms with Crippen LogP contribution in [0.1, 0.15) is 11.3 Å². The lowest BCUT2D eigenvalue weighted by Crippen LogP contribution is -2.01. The van der Waals surface area contributed by atoms with Crippen molar-refractivity contribution >= 4 is 10.9 Å². The molecule has 6 aromatic rings. The number of hydrogen-bond acceptors (Lipinski definition) is 7. The normalized spacial score (nSPS) is 11.3. The Morgan fingerprint density at radius 2 is 1.91 bits per heavy atom. The fourth-order valence-electron chi connectivity index (χ4n) is 3.85. The third-order valence-electron chi connectivity index (χ3n) is 5.47. The standard InChI is InChI=1S/C24H18N8O/c1-16-21(28-30-32(16)20-9-3-6-18-8-4-10-26-22(18)20)24-27-23(29-33-24)19-7-2-5-17(13-19)14-31-12-11-25-15-31/h2-13,15H,14H2,1H3. The minimum absolute atomic E-state index is 0.321. The molecule has 0 spiro atoms. The third-order valence-corrected chi connectivity index (χ3v) is 5.47. The number of imidazole rings is 1. The van der Waals surface area contributed by atoms with Crippen LogP contribution in [0.2, 0.25) is 0 Å². The molecule has 2 aromatic carbocycles. The lowest BCUT2D eigenvalue weighted by atomic mass is 10.1. The summed E-state index contributed by atoms with van der Waals surface area (Å²) in [4.78, 5) is 13.2. The number of hydrogen-bond donors (Lipinski definition) is 0. The van der Waals surface area contributed by atoms with Crippen molar-refractivity contribution in [3.63, 3.8) is 0 Å². The molecule has 6 rings (SSSR count). The van der Waals surface area contributed by atoms with Crippen LogP contribution in [-0.4, -0.2) is 39.7 Å². The summed E-state index contributed by atoms with van der Waals surface area (Å²) < 4.78 is 9.32. The lowest BCUT2D eigenvalue weighted by molar-refractivity contribution is 0.430. The van der Waals surface area contributed by atoms with Crippen LogP contribution in [0, 0.1) is 6.92 Å². The molecule has 9 heteroatoms. The van der Waals surface area contributed by atoms with Gasteiger partial charge in [0.05, 0.1) is 23.2 Å². The van der Waals surface area contributed by atoms with E-state index >= 15 is 0 Å².